The van der Waals surface area contributed by atoms with Gasteiger partial charge in [0.1, 0.15) is 0 Å². The Morgan fingerprint density at radius 2 is 0.608 bits per heavy atom. The molecule has 0 aliphatic heterocycles. The number of rotatable bonds is 6. The minimum Gasteiger partial charge on any atom is -0.0622 e. The van der Waals surface area contributed by atoms with Gasteiger partial charge in [-0.3, -0.25) is 0 Å². The second-order valence-electron chi connectivity index (χ2n) is 20.1. The van der Waals surface area contributed by atoms with Crippen LogP contribution in [0.2, 0.25) is 0 Å². The van der Waals surface area contributed by atoms with Gasteiger partial charge in [-0.25, -0.2) is 0 Å². The summed E-state index contributed by atoms with van der Waals surface area (Å²) in [5.74, 6) is 0. The number of fused-ring (bicyclic) bond motifs is 11. The molecule has 74 heavy (non-hydrogen) atoms. The second-order valence-corrected chi connectivity index (χ2v) is 20.1. The van der Waals surface area contributed by atoms with Crippen LogP contribution in [0.4, 0.5) is 0 Å². The Bertz CT molecular complexity index is 4910. The van der Waals surface area contributed by atoms with Gasteiger partial charge in [0, 0.05) is 0 Å². The van der Waals surface area contributed by atoms with Gasteiger partial charge in [0.2, 0.25) is 0 Å². The predicted molar refractivity (Wildman–Crippen MR) is 319 cm³/mol. The average molecular weight is 933 g/mol. The van der Waals surface area contributed by atoms with Crippen molar-refractivity contribution in [2.75, 3.05) is 0 Å². The van der Waals surface area contributed by atoms with Crippen LogP contribution in [0.1, 0.15) is 0 Å². The molecule has 0 bridgehead atoms. The van der Waals surface area contributed by atoms with Crippen LogP contribution in [-0.4, -0.2) is 0 Å². The van der Waals surface area contributed by atoms with Gasteiger partial charge in [0.15, 0.2) is 0 Å². The Labute approximate surface area is 428 Å². The lowest BCUT2D eigenvalue weighted by molar-refractivity contribution is 1.61. The molecule has 16 rings (SSSR count). The fourth-order valence-electron chi connectivity index (χ4n) is 13.3. The van der Waals surface area contributed by atoms with Crippen LogP contribution < -0.4 is 0 Å². The maximum Gasteiger partial charge on any atom is -0.000674 e. The zero-order valence-corrected chi connectivity index (χ0v) is 40.4. The smallest absolute Gasteiger partial charge is 0.000674 e. The molecule has 0 fully saturated rings. The molecular formula is C74H44. The summed E-state index contributed by atoms with van der Waals surface area (Å²) in [5.41, 5.74) is 14.8. The van der Waals surface area contributed by atoms with Crippen molar-refractivity contribution in [3.8, 4) is 66.8 Å². The van der Waals surface area contributed by atoms with E-state index in [0.717, 1.165) is 0 Å². The number of hydrogen-bond acceptors (Lipinski definition) is 0. The van der Waals surface area contributed by atoms with Gasteiger partial charge < -0.3 is 0 Å². The first-order valence-electron chi connectivity index (χ1n) is 25.8. The van der Waals surface area contributed by atoms with E-state index in [9.17, 15) is 0 Å². The Morgan fingerprint density at radius 3 is 1.26 bits per heavy atom. The van der Waals surface area contributed by atoms with Crippen LogP contribution in [0.3, 0.4) is 0 Å². The van der Waals surface area contributed by atoms with E-state index in [-0.39, 0.29) is 0 Å². The van der Waals surface area contributed by atoms with Gasteiger partial charge >= 0.3 is 0 Å². The summed E-state index contributed by atoms with van der Waals surface area (Å²) in [4.78, 5) is 0. The maximum absolute atomic E-state index is 2.57. The molecule has 0 radical (unpaired) electrons. The van der Waals surface area contributed by atoms with Crippen molar-refractivity contribution < 1.29 is 0 Å². The summed E-state index contributed by atoms with van der Waals surface area (Å²) in [6.07, 6.45) is 0. The number of benzene rings is 14. The number of hydrogen-bond donors (Lipinski definition) is 0. The van der Waals surface area contributed by atoms with Crippen LogP contribution in [0, 0.1) is 0 Å². The molecule has 0 unspecified atom stereocenters. The minimum atomic E-state index is 1.20. The Kier molecular flexibility index (Phi) is 8.84. The molecule has 0 aliphatic rings. The highest BCUT2D eigenvalue weighted by Gasteiger charge is 2.30. The fourth-order valence-corrected chi connectivity index (χ4v) is 13.3. The molecular weight excluding hydrogens is 889 g/mol. The van der Waals surface area contributed by atoms with Crippen LogP contribution in [0.15, 0.2) is 267 Å². The van der Waals surface area contributed by atoms with Gasteiger partial charge in [-0.1, -0.05) is 243 Å². The topological polar surface area (TPSA) is 0 Å². The quantitative estimate of drug-likeness (QED) is 0.146. The molecule has 16 aromatic carbocycles. The normalized spacial score (nSPS) is 12.1. The summed E-state index contributed by atoms with van der Waals surface area (Å²) < 4.78 is 0. The summed E-state index contributed by atoms with van der Waals surface area (Å²) in [5, 5.41) is 23.0. The Balaban J connectivity index is 1.19. The van der Waals surface area contributed by atoms with Crippen LogP contribution in [0.5, 0.6) is 0 Å². The highest BCUT2D eigenvalue weighted by Crippen LogP contribution is 2.58. The van der Waals surface area contributed by atoms with E-state index >= 15 is 0 Å². The molecule has 16 aromatic rings. The van der Waals surface area contributed by atoms with Crippen LogP contribution in [0.25, 0.3) is 164 Å². The van der Waals surface area contributed by atoms with E-state index in [1.54, 1.807) is 0 Å². The average Bonchev–Trinajstić information content (AvgIpc) is 3.98. The highest BCUT2D eigenvalue weighted by molar-refractivity contribution is 6.47. The van der Waals surface area contributed by atoms with Crippen LogP contribution in [-0.2, 0) is 0 Å². The van der Waals surface area contributed by atoms with Gasteiger partial charge in [-0.15, -0.1) is 0 Å². The van der Waals surface area contributed by atoms with Crippen molar-refractivity contribution >= 4 is 97.0 Å². The molecule has 0 heteroatoms. The van der Waals surface area contributed by atoms with Crippen molar-refractivity contribution in [3.63, 3.8) is 0 Å². The molecule has 0 heterocycles. The zero-order valence-electron chi connectivity index (χ0n) is 40.4. The first kappa shape index (κ1) is 41.0. The molecule has 0 saturated carbocycles. The highest BCUT2D eigenvalue weighted by atomic mass is 14.3. The van der Waals surface area contributed by atoms with Gasteiger partial charge in [0.25, 0.3) is 0 Å². The second kappa shape index (κ2) is 15.9. The molecule has 0 aliphatic carbocycles. The lowest BCUT2D eigenvalue weighted by Gasteiger charge is -2.22. The van der Waals surface area contributed by atoms with Gasteiger partial charge in [-0.05, 0) is 188 Å². The van der Waals surface area contributed by atoms with Gasteiger partial charge in [0.05, 0.1) is 0 Å². The molecule has 0 nitrogen and oxygen atoms in total. The van der Waals surface area contributed by atoms with E-state index < -0.39 is 0 Å². The van der Waals surface area contributed by atoms with Crippen molar-refractivity contribution in [3.05, 3.63) is 267 Å². The van der Waals surface area contributed by atoms with Crippen molar-refractivity contribution in [2.45, 2.75) is 0 Å². The molecule has 0 aromatic heterocycles. The van der Waals surface area contributed by atoms with Crippen molar-refractivity contribution in [2.24, 2.45) is 0 Å². The first-order valence-corrected chi connectivity index (χ1v) is 25.8. The monoisotopic (exact) mass is 932 g/mol. The third kappa shape index (κ3) is 5.85. The van der Waals surface area contributed by atoms with E-state index in [2.05, 4.69) is 267 Å². The summed E-state index contributed by atoms with van der Waals surface area (Å²) >= 11 is 0. The summed E-state index contributed by atoms with van der Waals surface area (Å²) in [6, 6.07) is 100. The van der Waals surface area contributed by atoms with Gasteiger partial charge in [-0.2, -0.15) is 0 Å². The third-order valence-electron chi connectivity index (χ3n) is 16.3. The molecule has 0 amide bonds. The molecule has 340 valence electrons. The van der Waals surface area contributed by atoms with Crippen molar-refractivity contribution in [1.82, 2.24) is 0 Å². The predicted octanol–water partition coefficient (Wildman–Crippen LogP) is 20.9. The van der Waals surface area contributed by atoms with Crippen molar-refractivity contribution in [1.29, 1.82) is 0 Å². The maximum atomic E-state index is 2.57. The SMILES string of the molecule is c1ccc(-c2ccccc2-c2c3cc4c5ccccc5c5cccc(c3c(-c3ccccc3-c3ccccc3)c3c6cc7ccccc7c7c(-c8cc9ccccc9cc8-c8ccccc8)ccc(c23)c67)c54)cc1. The fraction of sp³-hybridized carbons (Fsp3) is 0. The Hall–Kier alpha value is -9.62. The first-order chi connectivity index (χ1) is 36.8. The minimum absolute atomic E-state index is 1.20. The summed E-state index contributed by atoms with van der Waals surface area (Å²) in [6.45, 7) is 0. The lowest BCUT2D eigenvalue weighted by Crippen LogP contribution is -1.94. The molecule has 0 atom stereocenters. The molecule has 0 N–H and O–H groups in total. The van der Waals surface area contributed by atoms with E-state index in [1.165, 1.54) is 164 Å². The zero-order chi connectivity index (χ0) is 48.4. The lowest BCUT2D eigenvalue weighted by atomic mass is 9.81. The van der Waals surface area contributed by atoms with E-state index in [4.69, 9.17) is 0 Å². The standard InChI is InChI=1S/C74H44/c1-4-21-45(22-5-1)51-30-14-18-35-56(51)69-66-44-64-55-34-17-16-33-54(55)58-37-20-38-60(67(58)64)71(66)72(57-36-19-15-31-52(57)46-23-6-2-7-24-46)74-65-43-50-29-12-13-32-53(50)68-59(39-40-61(70(65)68)73(69)74)63-42-49-28-11-10-27-48(49)41-62(63)47-25-8-3-9-26-47/h1-44H. The van der Waals surface area contributed by atoms with Crippen LogP contribution >= 0.6 is 0 Å². The van der Waals surface area contributed by atoms with E-state index in [0.29, 0.717) is 0 Å². The Morgan fingerprint density at radius 1 is 0.149 bits per heavy atom. The molecule has 0 saturated heterocycles. The molecule has 0 spiro atoms. The van der Waals surface area contributed by atoms with E-state index in [1.807, 2.05) is 0 Å². The largest absolute Gasteiger partial charge is 0.0622 e. The third-order valence-corrected chi connectivity index (χ3v) is 16.3. The summed E-state index contributed by atoms with van der Waals surface area (Å²) in [7, 11) is 0.